The molecule has 2 aromatic carbocycles. The maximum absolute atomic E-state index is 17.9. The molecule has 3 saturated carbocycles. The van der Waals surface area contributed by atoms with Crippen LogP contribution in [-0.2, 0) is 58.9 Å². The number of anilines is 1. The van der Waals surface area contributed by atoms with Crippen molar-refractivity contribution in [1.82, 2.24) is 10.6 Å². The summed E-state index contributed by atoms with van der Waals surface area (Å²) in [7, 11) is 0. The third kappa shape index (κ3) is 14.3. The summed E-state index contributed by atoms with van der Waals surface area (Å²) in [5.74, 6) is -6.16. The van der Waals surface area contributed by atoms with Crippen LogP contribution in [0.5, 0.6) is 0 Å². The normalized spacial score (nSPS) is 29.4. The minimum absolute atomic E-state index is 0.00108. The van der Waals surface area contributed by atoms with Crippen molar-refractivity contribution in [2.45, 2.75) is 206 Å². The molecule has 2 aromatic rings. The molecule has 0 spiro atoms. The van der Waals surface area contributed by atoms with E-state index in [0.717, 1.165) is 17.2 Å². The van der Waals surface area contributed by atoms with Crippen molar-refractivity contribution in [3.05, 3.63) is 89.0 Å². The van der Waals surface area contributed by atoms with Gasteiger partial charge in [0.2, 0.25) is 11.8 Å². The zero-order chi connectivity index (χ0) is 61.3. The number of carbonyl (C=O) groups excluding carboxylic acids is 7. The lowest BCUT2D eigenvalue weighted by Crippen LogP contribution is -2.70. The zero-order valence-electron chi connectivity index (χ0n) is 50.3. The third-order valence-corrected chi connectivity index (χ3v) is 17.3. The number of nitrogens with one attached hydrogen (secondary N) is 3. The molecule has 456 valence electrons. The molecule has 17 nitrogen and oxygen atoms in total. The lowest BCUT2D eigenvalue weighted by atomic mass is 9.44. The predicted molar refractivity (Wildman–Crippen MR) is 305 cm³/mol. The first-order valence-corrected chi connectivity index (χ1v) is 29.2. The largest absolute Gasteiger partial charge is 0.460 e. The van der Waals surface area contributed by atoms with Gasteiger partial charge in [0, 0.05) is 59.2 Å². The molecule has 1 heterocycles. The van der Waals surface area contributed by atoms with Gasteiger partial charge in [0.15, 0.2) is 34.9 Å². The first-order valence-electron chi connectivity index (χ1n) is 29.2. The van der Waals surface area contributed by atoms with Gasteiger partial charge < -0.3 is 49.8 Å². The lowest BCUT2D eigenvalue weighted by Gasteiger charge is -2.63. The number of esters is 1. The van der Waals surface area contributed by atoms with Crippen molar-refractivity contribution < 1.29 is 76.2 Å². The highest BCUT2D eigenvalue weighted by Gasteiger charge is 2.80. The second-order valence-corrected chi connectivity index (χ2v) is 26.9. The van der Waals surface area contributed by atoms with Gasteiger partial charge in [-0.05, 0) is 161 Å². The molecule has 4 fully saturated rings. The molecule has 0 aromatic heterocycles. The van der Waals surface area contributed by atoms with Crippen molar-refractivity contribution in [3.8, 4) is 0 Å². The van der Waals surface area contributed by atoms with Gasteiger partial charge in [0.05, 0.1) is 24.4 Å². The Kier molecular flexibility index (Phi) is 19.6. The van der Waals surface area contributed by atoms with Crippen LogP contribution in [0.15, 0.2) is 72.3 Å². The van der Waals surface area contributed by atoms with E-state index in [0.29, 0.717) is 30.5 Å². The Balaban J connectivity index is 1.03. The van der Waals surface area contributed by atoms with Gasteiger partial charge in [-0.15, -0.1) is 0 Å². The molecule has 0 radical (unpaired) electrons. The van der Waals surface area contributed by atoms with Crippen LogP contribution in [0.25, 0.3) is 0 Å². The fourth-order valence-electron chi connectivity index (χ4n) is 13.2. The molecule has 7 rings (SSSR count). The van der Waals surface area contributed by atoms with E-state index in [1.165, 1.54) is 19.1 Å². The molecule has 13 atom stereocenters. The molecule has 5 N–H and O–H groups in total. The molecule has 0 unspecified atom stereocenters. The summed E-state index contributed by atoms with van der Waals surface area (Å²) in [6.45, 7) is 20.1. The summed E-state index contributed by atoms with van der Waals surface area (Å²) in [5, 5.41) is 30.9. The van der Waals surface area contributed by atoms with Crippen LogP contribution < -0.4 is 16.0 Å². The Morgan fingerprint density at radius 3 is 2.19 bits per heavy atom. The Hall–Kier alpha value is -5.73. The van der Waals surface area contributed by atoms with Gasteiger partial charge in [-0.2, -0.15) is 0 Å². The highest BCUT2D eigenvalue weighted by molar-refractivity contribution is 6.01. The highest BCUT2D eigenvalue weighted by Crippen LogP contribution is 2.72. The molecule has 1 saturated heterocycles. The monoisotopic (exact) mass is 1160 g/mol. The predicted octanol–water partition coefficient (Wildman–Crippen LogP) is 9.19. The van der Waals surface area contributed by atoms with E-state index in [1.54, 1.807) is 79.7 Å². The first-order chi connectivity index (χ1) is 38.6. The van der Waals surface area contributed by atoms with Gasteiger partial charge >= 0.3 is 12.1 Å². The number of carbonyl (C=O) groups is 7. The maximum Gasteiger partial charge on any atom is 0.407 e. The number of Topliss-reactive ketones (excluding diaryl/α,β-unsaturated/α-hetero) is 2. The van der Waals surface area contributed by atoms with Gasteiger partial charge in [-0.3, -0.25) is 28.8 Å². The first kappa shape index (κ1) is 64.8. The average Bonchev–Trinajstić information content (AvgIpc) is 2.08. The highest BCUT2D eigenvalue weighted by atomic mass is 19.1. The molecule has 0 bridgehead atoms. The smallest absolute Gasteiger partial charge is 0.407 e. The molecule has 5 aliphatic rings. The van der Waals surface area contributed by atoms with Crippen LogP contribution in [0.4, 0.5) is 19.3 Å². The minimum atomic E-state index is -2.38. The molecule has 4 aliphatic carbocycles. The second kappa shape index (κ2) is 25.1. The van der Waals surface area contributed by atoms with Gasteiger partial charge in [0.1, 0.15) is 30.0 Å². The number of ketones is 3. The fourth-order valence-corrected chi connectivity index (χ4v) is 13.2. The number of alkyl halides is 2. The van der Waals surface area contributed by atoms with Crippen molar-refractivity contribution in [2.24, 2.45) is 34.5 Å². The van der Waals surface area contributed by atoms with Crippen LogP contribution in [0.2, 0.25) is 0 Å². The topological polar surface area (TPSA) is 242 Å². The standard InChI is InChI=1S/C64H87F2N3O14/c1-37(19-24-53(75)81-59(5,6)7)54(76)69-48(36-79-58(2,3)4)49(72)30-41(17-13-14-27-67-57(78)83-60(8,9)10)55(77)68-42-18-15-16-39(29-42)28-38-20-22-40(23-21-38)56-80-52-33-44-45-32-47(65)46-31-43(71)25-26-61(46,11)63(45,66)50(73)34-62(44,12)64(52,82-56)51(74)35-70/h15-16,18,20-23,25-26,29,31,37,41,44-45,47-48,50,52,56,70,73H,13-14,17,19,24,27-28,30,32-36H2,1-12H3,(H,67,78)(H,68,77)(H,69,76)/t37-,41+,44-,45-,47-,48-,50-,52+,56+,61-,62-,63-,64+/m0/s1. The number of rotatable bonds is 22. The van der Waals surface area contributed by atoms with Gasteiger partial charge in [-0.25, -0.2) is 13.6 Å². The Morgan fingerprint density at radius 2 is 1.54 bits per heavy atom. The Morgan fingerprint density at radius 1 is 0.855 bits per heavy atom. The molecule has 1 aliphatic heterocycles. The van der Waals surface area contributed by atoms with Crippen molar-refractivity contribution in [1.29, 1.82) is 0 Å². The number of benzene rings is 2. The van der Waals surface area contributed by atoms with Crippen LogP contribution in [0, 0.1) is 34.5 Å². The summed E-state index contributed by atoms with van der Waals surface area (Å²) in [6, 6.07) is 13.5. The summed E-state index contributed by atoms with van der Waals surface area (Å²) < 4.78 is 64.0. The van der Waals surface area contributed by atoms with E-state index in [1.807, 2.05) is 45.0 Å². The van der Waals surface area contributed by atoms with E-state index < -0.39 is 141 Å². The number of amides is 3. The summed E-state index contributed by atoms with van der Waals surface area (Å²) in [5.41, 5.74) is -6.38. The van der Waals surface area contributed by atoms with Crippen molar-refractivity contribution >= 4 is 46.9 Å². The number of hydrogen-bond acceptors (Lipinski definition) is 14. The maximum atomic E-state index is 17.9. The summed E-state index contributed by atoms with van der Waals surface area (Å²) >= 11 is 0. The molecule has 19 heteroatoms. The molecule has 83 heavy (non-hydrogen) atoms. The van der Waals surface area contributed by atoms with Gasteiger partial charge in [0.25, 0.3) is 0 Å². The number of allylic oxidation sites excluding steroid dienone is 4. The summed E-state index contributed by atoms with van der Waals surface area (Å²) in [4.78, 5) is 93.4. The molecular weight excluding hydrogens is 1070 g/mol. The van der Waals surface area contributed by atoms with Crippen LogP contribution >= 0.6 is 0 Å². The zero-order valence-corrected chi connectivity index (χ0v) is 50.3. The average molecular weight is 1160 g/mol. The van der Waals surface area contributed by atoms with Crippen LogP contribution in [-0.4, -0.2) is 124 Å². The van der Waals surface area contributed by atoms with Gasteiger partial charge in [-0.1, -0.05) is 62.7 Å². The third-order valence-electron chi connectivity index (χ3n) is 17.3. The number of aliphatic hydroxyl groups excluding tert-OH is 2. The van der Waals surface area contributed by atoms with Crippen LogP contribution in [0.3, 0.4) is 0 Å². The van der Waals surface area contributed by atoms with E-state index in [4.69, 9.17) is 23.7 Å². The number of hydrogen-bond donors (Lipinski definition) is 5. The molecular formula is C64H87F2N3O14. The minimum Gasteiger partial charge on any atom is -0.460 e. The van der Waals surface area contributed by atoms with E-state index in [2.05, 4.69) is 16.0 Å². The molecule has 3 amide bonds. The quantitative estimate of drug-likeness (QED) is 0.0546. The SMILES string of the molecule is C[C@@H](CCC(=O)OC(C)(C)C)C(=O)N[C@@H](COC(C)(C)C)C(=O)C[C@@H](CCCCNC(=O)OC(C)(C)C)C(=O)Nc1cccc(Cc2ccc([C@@H]3O[C@@H]4C[C@H]5[C@@H]6C[C@H](F)C7=CC(=O)C=C[C@]7(C)[C@@]6(F)[C@@H](O)C[C@]5(C)[C@]4(C(=O)CO)O3)cc2)c1. The number of alkyl carbamates (subject to hydrolysis) is 1. The Labute approximate surface area is 486 Å². The van der Waals surface area contributed by atoms with Crippen LogP contribution in [0.1, 0.15) is 164 Å². The lowest BCUT2D eigenvalue weighted by molar-refractivity contribution is -0.235. The van der Waals surface area contributed by atoms with Crippen molar-refractivity contribution in [3.63, 3.8) is 0 Å². The van der Waals surface area contributed by atoms with E-state index in [9.17, 15) is 43.8 Å². The number of unbranched alkanes of at least 4 members (excludes halogenated alkanes) is 1. The second-order valence-electron chi connectivity index (χ2n) is 26.9. The van der Waals surface area contributed by atoms with E-state index >= 15 is 8.78 Å². The number of aliphatic hydroxyl groups is 2. The number of fused-ring (bicyclic) bond motifs is 7. The summed E-state index contributed by atoms with van der Waals surface area (Å²) in [6.07, 6.45) is -1.17. The fraction of sp³-hybridized carbons (Fsp3) is 0.641. The Bertz CT molecular complexity index is 2820. The van der Waals surface area contributed by atoms with E-state index in [-0.39, 0.29) is 63.7 Å². The number of ether oxygens (including phenoxy) is 5. The van der Waals surface area contributed by atoms with Crippen molar-refractivity contribution in [2.75, 3.05) is 25.1 Å². The number of halogens is 2.